The molecule has 0 fully saturated rings. The molecule has 0 saturated heterocycles. The summed E-state index contributed by atoms with van der Waals surface area (Å²) in [6.07, 6.45) is 3.52. The van der Waals surface area contributed by atoms with Gasteiger partial charge in [0.1, 0.15) is 5.82 Å². The average Bonchev–Trinajstić information content (AvgIpc) is 2.93. The molecule has 0 atom stereocenters. The van der Waals surface area contributed by atoms with Crippen LogP contribution in [0.15, 0.2) is 42.7 Å². The minimum Gasteiger partial charge on any atom is -0.378 e. The van der Waals surface area contributed by atoms with E-state index in [0.29, 0.717) is 0 Å². The van der Waals surface area contributed by atoms with Crippen molar-refractivity contribution in [2.75, 3.05) is 30.9 Å². The van der Waals surface area contributed by atoms with Crippen LogP contribution in [-0.2, 0) is 6.54 Å². The summed E-state index contributed by atoms with van der Waals surface area (Å²) >= 11 is 0. The first-order valence-electron chi connectivity index (χ1n) is 8.27. The van der Waals surface area contributed by atoms with Crippen LogP contribution in [0.2, 0.25) is 0 Å². The van der Waals surface area contributed by atoms with E-state index in [0.717, 1.165) is 29.6 Å². The standard InChI is InChI=1S/C19H24N6/c1-14-9-15(2)25(22-14)19-12-20-11-18(21-19)24(5)13-16-7-6-8-17(10-16)23(3)4/h6-12H,13H2,1-5H3. The summed E-state index contributed by atoms with van der Waals surface area (Å²) in [5.41, 5.74) is 4.43. The second-order valence-corrected chi connectivity index (χ2v) is 6.49. The molecular formula is C19H24N6. The fraction of sp³-hybridized carbons (Fsp3) is 0.316. The largest absolute Gasteiger partial charge is 0.378 e. The maximum Gasteiger partial charge on any atom is 0.174 e. The van der Waals surface area contributed by atoms with E-state index in [4.69, 9.17) is 4.98 Å². The highest BCUT2D eigenvalue weighted by Gasteiger charge is 2.10. The van der Waals surface area contributed by atoms with E-state index in [2.05, 4.69) is 44.1 Å². The van der Waals surface area contributed by atoms with Crippen LogP contribution < -0.4 is 9.80 Å². The first-order valence-corrected chi connectivity index (χ1v) is 8.27. The van der Waals surface area contributed by atoms with Crippen molar-refractivity contribution in [1.29, 1.82) is 0 Å². The van der Waals surface area contributed by atoms with Gasteiger partial charge in [0.15, 0.2) is 5.82 Å². The van der Waals surface area contributed by atoms with Gasteiger partial charge in [0.2, 0.25) is 0 Å². The summed E-state index contributed by atoms with van der Waals surface area (Å²) in [5.74, 6) is 1.55. The lowest BCUT2D eigenvalue weighted by Gasteiger charge is -2.20. The zero-order valence-corrected chi connectivity index (χ0v) is 15.4. The van der Waals surface area contributed by atoms with Gasteiger partial charge in [-0.1, -0.05) is 12.1 Å². The van der Waals surface area contributed by atoms with Gasteiger partial charge in [0.25, 0.3) is 0 Å². The molecule has 0 amide bonds. The molecule has 0 saturated carbocycles. The second kappa shape index (κ2) is 6.93. The molecule has 25 heavy (non-hydrogen) atoms. The van der Waals surface area contributed by atoms with Crippen LogP contribution >= 0.6 is 0 Å². The third-order valence-corrected chi connectivity index (χ3v) is 4.07. The predicted molar refractivity (Wildman–Crippen MR) is 102 cm³/mol. The van der Waals surface area contributed by atoms with Crippen LogP contribution in [0.1, 0.15) is 17.0 Å². The molecule has 0 spiro atoms. The molecule has 1 aromatic carbocycles. The SMILES string of the molecule is Cc1cc(C)n(-c2cncc(N(C)Cc3cccc(N(C)C)c3)n2)n1. The van der Waals surface area contributed by atoms with Crippen molar-refractivity contribution in [2.24, 2.45) is 0 Å². The minimum atomic E-state index is 0.733. The predicted octanol–water partition coefficient (Wildman–Crippen LogP) is 2.98. The van der Waals surface area contributed by atoms with Gasteiger partial charge in [-0.2, -0.15) is 5.10 Å². The van der Waals surface area contributed by atoms with Crippen molar-refractivity contribution in [2.45, 2.75) is 20.4 Å². The Hall–Kier alpha value is -2.89. The number of aromatic nitrogens is 4. The molecule has 6 nitrogen and oxygen atoms in total. The summed E-state index contributed by atoms with van der Waals surface area (Å²) in [5, 5.41) is 4.49. The molecule has 0 N–H and O–H groups in total. The van der Waals surface area contributed by atoms with Gasteiger partial charge in [-0.25, -0.2) is 9.67 Å². The average molecular weight is 336 g/mol. The Bertz CT molecular complexity index is 868. The molecule has 0 bridgehead atoms. The number of hydrogen-bond acceptors (Lipinski definition) is 5. The Morgan fingerprint density at radius 1 is 1.04 bits per heavy atom. The van der Waals surface area contributed by atoms with Gasteiger partial charge in [-0.3, -0.25) is 4.98 Å². The van der Waals surface area contributed by atoms with Crippen LogP contribution in [0.25, 0.3) is 5.82 Å². The van der Waals surface area contributed by atoms with Gasteiger partial charge in [0, 0.05) is 39.1 Å². The monoisotopic (exact) mass is 336 g/mol. The van der Waals surface area contributed by atoms with Crippen molar-refractivity contribution in [3.63, 3.8) is 0 Å². The van der Waals surface area contributed by atoms with Gasteiger partial charge in [0.05, 0.1) is 18.1 Å². The number of rotatable bonds is 5. The second-order valence-electron chi connectivity index (χ2n) is 6.49. The Morgan fingerprint density at radius 3 is 2.52 bits per heavy atom. The highest BCUT2D eigenvalue weighted by Crippen LogP contribution is 2.18. The normalized spacial score (nSPS) is 10.8. The Kier molecular flexibility index (Phi) is 4.70. The lowest BCUT2D eigenvalue weighted by Crippen LogP contribution is -2.19. The van der Waals surface area contributed by atoms with Gasteiger partial charge in [-0.15, -0.1) is 0 Å². The number of nitrogens with zero attached hydrogens (tertiary/aromatic N) is 6. The molecule has 0 aliphatic carbocycles. The minimum absolute atomic E-state index is 0.733. The summed E-state index contributed by atoms with van der Waals surface area (Å²) in [7, 11) is 6.12. The van der Waals surface area contributed by atoms with Crippen LogP contribution in [0.5, 0.6) is 0 Å². The Labute approximate surface area is 148 Å². The van der Waals surface area contributed by atoms with E-state index >= 15 is 0 Å². The molecule has 2 heterocycles. The molecular weight excluding hydrogens is 312 g/mol. The van der Waals surface area contributed by atoms with Crippen LogP contribution in [-0.4, -0.2) is 40.9 Å². The molecule has 3 rings (SSSR count). The van der Waals surface area contributed by atoms with Gasteiger partial charge in [-0.05, 0) is 37.6 Å². The van der Waals surface area contributed by atoms with Crippen molar-refractivity contribution in [1.82, 2.24) is 19.7 Å². The Balaban J connectivity index is 1.83. The van der Waals surface area contributed by atoms with Crippen LogP contribution in [0.4, 0.5) is 11.5 Å². The van der Waals surface area contributed by atoms with Crippen molar-refractivity contribution in [3.05, 3.63) is 59.7 Å². The maximum absolute atomic E-state index is 4.72. The molecule has 0 unspecified atom stereocenters. The van der Waals surface area contributed by atoms with E-state index in [1.165, 1.54) is 11.3 Å². The zero-order chi connectivity index (χ0) is 18.0. The van der Waals surface area contributed by atoms with Crippen LogP contribution in [0.3, 0.4) is 0 Å². The number of aryl methyl sites for hydroxylation is 2. The van der Waals surface area contributed by atoms with E-state index < -0.39 is 0 Å². The van der Waals surface area contributed by atoms with E-state index in [9.17, 15) is 0 Å². The third-order valence-electron chi connectivity index (χ3n) is 4.07. The van der Waals surface area contributed by atoms with E-state index in [-0.39, 0.29) is 0 Å². The number of benzene rings is 1. The summed E-state index contributed by atoms with van der Waals surface area (Å²) in [6, 6.07) is 10.5. The first kappa shape index (κ1) is 17.0. The fourth-order valence-corrected chi connectivity index (χ4v) is 2.78. The summed E-state index contributed by atoms with van der Waals surface area (Å²) < 4.78 is 1.83. The highest BCUT2D eigenvalue weighted by molar-refractivity contribution is 5.48. The number of anilines is 2. The van der Waals surface area contributed by atoms with Gasteiger partial charge < -0.3 is 9.80 Å². The first-order chi connectivity index (χ1) is 11.9. The zero-order valence-electron chi connectivity index (χ0n) is 15.4. The smallest absolute Gasteiger partial charge is 0.174 e. The molecule has 130 valence electrons. The molecule has 3 aromatic rings. The summed E-state index contributed by atoms with van der Waals surface area (Å²) in [6.45, 7) is 4.76. The Morgan fingerprint density at radius 2 is 1.84 bits per heavy atom. The van der Waals surface area contributed by atoms with Crippen molar-refractivity contribution < 1.29 is 0 Å². The lowest BCUT2D eigenvalue weighted by molar-refractivity contribution is 0.788. The molecule has 0 aliphatic heterocycles. The topological polar surface area (TPSA) is 50.1 Å². The molecule has 2 aromatic heterocycles. The van der Waals surface area contributed by atoms with E-state index in [1.54, 1.807) is 12.4 Å². The molecule has 0 aliphatic rings. The number of hydrogen-bond donors (Lipinski definition) is 0. The fourth-order valence-electron chi connectivity index (χ4n) is 2.78. The third kappa shape index (κ3) is 3.79. The maximum atomic E-state index is 4.72. The van der Waals surface area contributed by atoms with Crippen molar-refractivity contribution >= 4 is 11.5 Å². The van der Waals surface area contributed by atoms with Gasteiger partial charge >= 0.3 is 0 Å². The quantitative estimate of drug-likeness (QED) is 0.717. The van der Waals surface area contributed by atoms with Crippen LogP contribution in [0, 0.1) is 13.8 Å². The molecule has 0 radical (unpaired) electrons. The molecule has 6 heteroatoms. The lowest BCUT2D eigenvalue weighted by atomic mass is 10.2. The van der Waals surface area contributed by atoms with E-state index in [1.807, 2.05) is 45.7 Å². The highest BCUT2D eigenvalue weighted by atomic mass is 15.3. The van der Waals surface area contributed by atoms with Crippen molar-refractivity contribution in [3.8, 4) is 5.82 Å². The summed E-state index contributed by atoms with van der Waals surface area (Å²) in [4.78, 5) is 13.3.